The summed E-state index contributed by atoms with van der Waals surface area (Å²) in [5.74, 6) is 0.876. The number of halogens is 1. The van der Waals surface area contributed by atoms with Gasteiger partial charge in [0.2, 0.25) is 17.5 Å². The predicted molar refractivity (Wildman–Crippen MR) is 157 cm³/mol. The number of anilines is 1. The minimum atomic E-state index is -2.05. The summed E-state index contributed by atoms with van der Waals surface area (Å²) >= 11 is 6.36. The maximum atomic E-state index is 7.30. The van der Waals surface area contributed by atoms with Crippen LogP contribution in [0.1, 0.15) is 45.1 Å². The zero-order valence-electron chi connectivity index (χ0n) is 23.2. The third-order valence-electron chi connectivity index (χ3n) is 7.80. The summed E-state index contributed by atoms with van der Waals surface area (Å²) in [4.78, 5) is 5.86. The Bertz CT molecular complexity index is 1270. The van der Waals surface area contributed by atoms with Gasteiger partial charge in [0.15, 0.2) is 8.32 Å². The van der Waals surface area contributed by atoms with E-state index in [1.165, 1.54) is 5.69 Å². The number of hydrogen-bond acceptors (Lipinski definition) is 6. The van der Waals surface area contributed by atoms with Gasteiger partial charge in [0.05, 0.1) is 18.6 Å². The molecule has 0 saturated carbocycles. The van der Waals surface area contributed by atoms with E-state index in [-0.39, 0.29) is 17.1 Å². The molecular weight excluding hydrogens is 514 g/mol. The number of hydrogen-bond donors (Lipinski definition) is 1. The average Bonchev–Trinajstić information content (AvgIpc) is 3.37. The van der Waals surface area contributed by atoms with Crippen molar-refractivity contribution >= 4 is 31.3 Å². The quantitative estimate of drug-likeness (QED) is 0.238. The Hall–Kier alpha value is -2.70. The lowest BCUT2D eigenvalue weighted by Crippen LogP contribution is -2.44. The van der Waals surface area contributed by atoms with Crippen molar-refractivity contribution in [2.45, 2.75) is 64.3 Å². The maximum absolute atomic E-state index is 7.30. The van der Waals surface area contributed by atoms with Gasteiger partial charge in [0.25, 0.3) is 0 Å². The summed E-state index contributed by atoms with van der Waals surface area (Å²) in [7, 11) is -2.05. The van der Waals surface area contributed by atoms with E-state index in [4.69, 9.17) is 27.0 Å². The minimum absolute atomic E-state index is 0.0680. The van der Waals surface area contributed by atoms with Crippen LogP contribution in [-0.2, 0) is 10.8 Å². The molecule has 0 bridgehead atoms. The molecule has 9 heteroatoms. The highest BCUT2D eigenvalue weighted by atomic mass is 35.5. The van der Waals surface area contributed by atoms with E-state index in [1.54, 1.807) is 6.07 Å². The van der Waals surface area contributed by atoms with Crippen LogP contribution in [-0.4, -0.2) is 50.8 Å². The minimum Gasteiger partial charge on any atom is -0.420 e. The van der Waals surface area contributed by atoms with Gasteiger partial charge in [-0.05, 0) is 61.3 Å². The van der Waals surface area contributed by atoms with Crippen molar-refractivity contribution in [3.8, 4) is 11.5 Å². The smallest absolute Gasteiger partial charge is 0.247 e. The van der Waals surface area contributed by atoms with E-state index in [0.29, 0.717) is 28.9 Å². The second kappa shape index (κ2) is 11.6. The molecule has 0 radical (unpaired) electrons. The lowest BCUT2D eigenvalue weighted by molar-refractivity contribution is 0.154. The third kappa shape index (κ3) is 6.46. The van der Waals surface area contributed by atoms with Gasteiger partial charge in [-0.1, -0.05) is 50.6 Å². The standard InChI is InChI=1S/C29H38ClN5O2Si/c1-20(37-38(6,7)29(2,3)4)24(18-21-8-13-26(31-5)25(30)19-21)28-34-33-27(36-28)22-9-11-23(12-10-22)35-16-14-32-15-17-35/h8-13,19-20,24,32H,14-18H2,1-4,6-7H3/t20-,24+/m0/s1. The SMILES string of the molecule is [C-]#[N+]c1ccc(C[C@@H](c2nnc(-c3ccc(N4CCNCC4)cc3)o2)[C@H](C)O[Si](C)(C)C(C)(C)C)cc1Cl. The van der Waals surface area contributed by atoms with Gasteiger partial charge in [-0.15, -0.1) is 10.2 Å². The summed E-state index contributed by atoms with van der Waals surface area (Å²) in [6.45, 7) is 24.6. The molecule has 0 spiro atoms. The van der Waals surface area contributed by atoms with Crippen LogP contribution in [0.25, 0.3) is 16.3 Å². The van der Waals surface area contributed by atoms with Gasteiger partial charge >= 0.3 is 0 Å². The summed E-state index contributed by atoms with van der Waals surface area (Å²) in [5.41, 5.74) is 3.54. The summed E-state index contributed by atoms with van der Waals surface area (Å²) < 4.78 is 13.1. The molecule has 38 heavy (non-hydrogen) atoms. The Kier molecular flexibility index (Phi) is 8.63. The Morgan fingerprint density at radius 2 is 1.82 bits per heavy atom. The van der Waals surface area contributed by atoms with Crippen molar-refractivity contribution in [3.05, 3.63) is 70.4 Å². The number of rotatable bonds is 8. The van der Waals surface area contributed by atoms with E-state index in [0.717, 1.165) is 37.3 Å². The molecule has 2 atom stereocenters. The predicted octanol–water partition coefficient (Wildman–Crippen LogP) is 7.09. The molecule has 1 fully saturated rings. The van der Waals surface area contributed by atoms with Crippen molar-refractivity contribution < 1.29 is 8.84 Å². The molecule has 202 valence electrons. The van der Waals surface area contributed by atoms with E-state index >= 15 is 0 Å². The topological polar surface area (TPSA) is 67.8 Å². The van der Waals surface area contributed by atoms with Gasteiger partial charge in [0, 0.05) is 42.5 Å². The molecule has 1 aliphatic rings. The molecule has 2 heterocycles. The van der Waals surface area contributed by atoms with Crippen LogP contribution in [0.2, 0.25) is 23.2 Å². The van der Waals surface area contributed by atoms with Crippen LogP contribution in [0.4, 0.5) is 11.4 Å². The Balaban J connectivity index is 1.60. The van der Waals surface area contributed by atoms with E-state index in [9.17, 15) is 0 Å². The fourth-order valence-corrected chi connectivity index (χ4v) is 6.13. The molecule has 4 rings (SSSR count). The van der Waals surface area contributed by atoms with Gasteiger partial charge in [0.1, 0.15) is 0 Å². The fourth-order valence-electron chi connectivity index (χ4n) is 4.44. The lowest BCUT2D eigenvalue weighted by atomic mass is 9.94. The number of nitrogens with zero attached hydrogens (tertiary/aromatic N) is 4. The fraction of sp³-hybridized carbons (Fsp3) is 0.483. The van der Waals surface area contributed by atoms with E-state index in [2.05, 4.69) is 78.2 Å². The molecule has 1 N–H and O–H groups in total. The van der Waals surface area contributed by atoms with Crippen molar-refractivity contribution in [1.29, 1.82) is 0 Å². The zero-order chi connectivity index (χ0) is 27.5. The van der Waals surface area contributed by atoms with Crippen molar-refractivity contribution in [1.82, 2.24) is 15.5 Å². The highest BCUT2D eigenvalue weighted by molar-refractivity contribution is 6.74. The first-order valence-electron chi connectivity index (χ1n) is 13.2. The van der Waals surface area contributed by atoms with Gasteiger partial charge in [-0.2, -0.15) is 0 Å². The van der Waals surface area contributed by atoms with Gasteiger partial charge in [-0.25, -0.2) is 4.85 Å². The van der Waals surface area contributed by atoms with Crippen LogP contribution in [0.3, 0.4) is 0 Å². The highest BCUT2D eigenvalue weighted by Crippen LogP contribution is 2.40. The molecule has 0 aliphatic carbocycles. The van der Waals surface area contributed by atoms with Gasteiger partial charge in [-0.3, -0.25) is 0 Å². The largest absolute Gasteiger partial charge is 0.420 e. The summed E-state index contributed by atoms with van der Waals surface area (Å²) in [6.07, 6.45) is 0.454. The Morgan fingerprint density at radius 3 is 2.42 bits per heavy atom. The first-order chi connectivity index (χ1) is 18.0. The van der Waals surface area contributed by atoms with Crippen molar-refractivity contribution in [2.24, 2.45) is 0 Å². The first-order valence-corrected chi connectivity index (χ1v) is 16.5. The molecule has 3 aromatic rings. The number of piperazine rings is 1. The van der Waals surface area contributed by atoms with E-state index in [1.807, 2.05) is 24.3 Å². The molecule has 1 aliphatic heterocycles. The van der Waals surface area contributed by atoms with Crippen molar-refractivity contribution in [2.75, 3.05) is 31.1 Å². The zero-order valence-corrected chi connectivity index (χ0v) is 25.0. The number of benzene rings is 2. The van der Waals surface area contributed by atoms with E-state index < -0.39 is 8.32 Å². The number of nitrogens with one attached hydrogen (secondary N) is 1. The molecule has 1 saturated heterocycles. The maximum Gasteiger partial charge on any atom is 0.247 e. The lowest BCUT2D eigenvalue weighted by Gasteiger charge is -2.40. The van der Waals surface area contributed by atoms with Crippen molar-refractivity contribution in [3.63, 3.8) is 0 Å². The normalized spacial score (nSPS) is 16.2. The molecule has 0 unspecified atom stereocenters. The molecule has 0 amide bonds. The Morgan fingerprint density at radius 1 is 1.13 bits per heavy atom. The van der Waals surface area contributed by atoms with Gasteiger partial charge < -0.3 is 19.1 Å². The second-order valence-electron chi connectivity index (χ2n) is 11.5. The van der Waals surface area contributed by atoms with Crippen LogP contribution < -0.4 is 10.2 Å². The van der Waals surface area contributed by atoms with Crippen LogP contribution in [0.5, 0.6) is 0 Å². The monoisotopic (exact) mass is 551 g/mol. The molecular formula is C29H38ClN5O2Si. The first kappa shape index (κ1) is 28.3. The molecule has 1 aromatic heterocycles. The third-order valence-corrected chi connectivity index (χ3v) is 12.7. The van der Waals surface area contributed by atoms with Crippen LogP contribution in [0, 0.1) is 6.57 Å². The average molecular weight is 552 g/mol. The Labute approximate surface area is 232 Å². The summed E-state index contributed by atoms with van der Waals surface area (Å²) in [5, 5.41) is 12.8. The number of aromatic nitrogens is 2. The van der Waals surface area contributed by atoms with Crippen LogP contribution in [0.15, 0.2) is 46.9 Å². The van der Waals surface area contributed by atoms with Crippen LogP contribution >= 0.6 is 11.6 Å². The molecule has 7 nitrogen and oxygen atoms in total. The second-order valence-corrected chi connectivity index (χ2v) is 16.7. The summed E-state index contributed by atoms with van der Waals surface area (Å²) in [6, 6.07) is 13.9. The highest BCUT2D eigenvalue weighted by Gasteiger charge is 2.40. The molecule has 2 aromatic carbocycles.